The van der Waals surface area contributed by atoms with Crippen LogP contribution < -0.4 is 5.32 Å². The van der Waals surface area contributed by atoms with Crippen LogP contribution in [0.25, 0.3) is 27.9 Å². The Balaban J connectivity index is 1.36. The summed E-state index contributed by atoms with van der Waals surface area (Å²) in [5, 5.41) is 17.1. The van der Waals surface area contributed by atoms with Crippen molar-refractivity contribution in [2.75, 3.05) is 26.2 Å². The molecule has 0 amide bonds. The van der Waals surface area contributed by atoms with Crippen molar-refractivity contribution in [2.24, 2.45) is 0 Å². The monoisotopic (exact) mass is 406 g/mol. The molecule has 2 aliphatic rings. The number of fused-ring (bicyclic) bond motifs is 2. The minimum atomic E-state index is -0.367. The molecule has 0 spiro atoms. The van der Waals surface area contributed by atoms with Gasteiger partial charge in [-0.25, -0.2) is 13.9 Å². The average molecular weight is 406 g/mol. The molecule has 1 N–H and O–H groups in total. The van der Waals surface area contributed by atoms with Gasteiger partial charge >= 0.3 is 0 Å². The molecule has 3 aromatic heterocycles. The van der Waals surface area contributed by atoms with Gasteiger partial charge in [0, 0.05) is 37.8 Å². The second-order valence-electron chi connectivity index (χ2n) is 8.46. The number of hydrogen-bond acceptors (Lipinski definition) is 6. The second-order valence-corrected chi connectivity index (χ2v) is 8.46. The van der Waals surface area contributed by atoms with Crippen molar-refractivity contribution in [1.29, 1.82) is 0 Å². The third-order valence-electron chi connectivity index (χ3n) is 6.28. The zero-order valence-electron chi connectivity index (χ0n) is 17.0. The number of likely N-dealkylation sites (tertiary alicyclic amines) is 1. The van der Waals surface area contributed by atoms with Crippen LogP contribution in [0.3, 0.4) is 0 Å². The van der Waals surface area contributed by atoms with Crippen LogP contribution in [0.4, 0.5) is 4.39 Å². The van der Waals surface area contributed by atoms with Crippen molar-refractivity contribution in [1.82, 2.24) is 39.8 Å². The molecular formula is C21H23FN8. The lowest BCUT2D eigenvalue weighted by Gasteiger charge is -2.35. The number of halogens is 1. The molecule has 0 aliphatic carbocycles. The Morgan fingerprint density at radius 1 is 1.07 bits per heavy atom. The van der Waals surface area contributed by atoms with Gasteiger partial charge in [0.2, 0.25) is 0 Å². The van der Waals surface area contributed by atoms with Gasteiger partial charge in [-0.3, -0.25) is 4.90 Å². The van der Waals surface area contributed by atoms with Crippen LogP contribution in [-0.4, -0.2) is 66.7 Å². The largest absolute Gasteiger partial charge is 0.314 e. The van der Waals surface area contributed by atoms with Crippen LogP contribution in [0.2, 0.25) is 0 Å². The number of benzene rings is 1. The first-order valence-electron chi connectivity index (χ1n) is 10.4. The van der Waals surface area contributed by atoms with Crippen LogP contribution in [0.5, 0.6) is 0 Å². The van der Waals surface area contributed by atoms with Gasteiger partial charge in [0.25, 0.3) is 0 Å². The third-order valence-corrected chi connectivity index (χ3v) is 6.28. The Hall–Kier alpha value is -2.91. The molecule has 6 rings (SSSR count). The summed E-state index contributed by atoms with van der Waals surface area (Å²) in [5.41, 5.74) is 4.98. The third kappa shape index (κ3) is 2.80. The van der Waals surface area contributed by atoms with Gasteiger partial charge in [-0.1, -0.05) is 0 Å². The van der Waals surface area contributed by atoms with E-state index in [2.05, 4.69) is 30.5 Å². The van der Waals surface area contributed by atoms with E-state index in [1.54, 1.807) is 9.31 Å². The molecule has 2 saturated heterocycles. The molecular weight excluding hydrogens is 383 g/mol. The van der Waals surface area contributed by atoms with Crippen molar-refractivity contribution >= 4 is 16.7 Å². The second kappa shape index (κ2) is 6.55. The first kappa shape index (κ1) is 17.9. The number of hydrogen-bond donors (Lipinski definition) is 1. The SMILES string of the molecule is Cc1cn2nc(-c3cc(F)c4nn(C5CCN(C6CNC6)C5)nc4c3)cc(C)c2n1. The highest BCUT2D eigenvalue weighted by Crippen LogP contribution is 2.28. The molecule has 2 aliphatic heterocycles. The predicted octanol–water partition coefficient (Wildman–Crippen LogP) is 2.12. The Morgan fingerprint density at radius 2 is 1.93 bits per heavy atom. The predicted molar refractivity (Wildman–Crippen MR) is 111 cm³/mol. The number of aryl methyl sites for hydroxylation is 2. The number of imidazole rings is 1. The maximum atomic E-state index is 14.9. The minimum absolute atomic E-state index is 0.187. The molecule has 0 saturated carbocycles. The zero-order valence-corrected chi connectivity index (χ0v) is 17.0. The van der Waals surface area contributed by atoms with E-state index in [0.717, 1.165) is 49.5 Å². The summed E-state index contributed by atoms with van der Waals surface area (Å²) in [7, 11) is 0. The fourth-order valence-electron chi connectivity index (χ4n) is 4.51. The molecule has 1 unspecified atom stereocenters. The molecule has 1 aromatic carbocycles. The van der Waals surface area contributed by atoms with Crippen LogP contribution >= 0.6 is 0 Å². The van der Waals surface area contributed by atoms with E-state index in [1.165, 1.54) is 6.07 Å². The Kier molecular flexibility index (Phi) is 3.91. The molecule has 9 heteroatoms. The van der Waals surface area contributed by atoms with E-state index in [1.807, 2.05) is 32.2 Å². The van der Waals surface area contributed by atoms with Gasteiger partial charge in [0.15, 0.2) is 11.5 Å². The first-order chi connectivity index (χ1) is 14.5. The topological polar surface area (TPSA) is 76.2 Å². The summed E-state index contributed by atoms with van der Waals surface area (Å²) in [6.45, 7) is 7.97. The number of aromatic nitrogens is 6. The quantitative estimate of drug-likeness (QED) is 0.562. The Bertz CT molecular complexity index is 1270. The normalized spacial score (nSPS) is 20.4. The molecule has 30 heavy (non-hydrogen) atoms. The lowest BCUT2D eigenvalue weighted by molar-refractivity contribution is 0.172. The molecule has 4 aromatic rings. The maximum absolute atomic E-state index is 14.9. The van der Waals surface area contributed by atoms with Crippen LogP contribution in [-0.2, 0) is 0 Å². The summed E-state index contributed by atoms with van der Waals surface area (Å²) in [6, 6.07) is 6.11. The Morgan fingerprint density at radius 3 is 2.73 bits per heavy atom. The summed E-state index contributed by atoms with van der Waals surface area (Å²) >= 11 is 0. The average Bonchev–Trinajstić information content (AvgIpc) is 3.37. The zero-order chi connectivity index (χ0) is 20.4. The van der Waals surface area contributed by atoms with Crippen LogP contribution in [0.15, 0.2) is 24.4 Å². The summed E-state index contributed by atoms with van der Waals surface area (Å²) in [4.78, 5) is 8.68. The van der Waals surface area contributed by atoms with E-state index >= 15 is 0 Å². The summed E-state index contributed by atoms with van der Waals surface area (Å²) in [5.74, 6) is -0.367. The van der Waals surface area contributed by atoms with Crippen molar-refractivity contribution in [2.45, 2.75) is 32.4 Å². The van der Waals surface area contributed by atoms with E-state index < -0.39 is 0 Å². The fraction of sp³-hybridized carbons (Fsp3) is 0.429. The standard InChI is InChI=1S/C21H23FN8/c1-12-5-18(25-29-10-13(2)24-21(12)29)14-6-17(22)20-19(7-14)26-30(27-20)15-3-4-28(11-15)16-8-23-9-16/h5-7,10,15-16,23H,3-4,8-9,11H2,1-2H3. The summed E-state index contributed by atoms with van der Waals surface area (Å²) in [6.07, 6.45) is 2.86. The van der Waals surface area contributed by atoms with E-state index in [4.69, 9.17) is 0 Å². The molecule has 1 atom stereocenters. The van der Waals surface area contributed by atoms with Crippen molar-refractivity contribution in [3.05, 3.63) is 41.5 Å². The Labute approximate surface area is 172 Å². The van der Waals surface area contributed by atoms with Crippen LogP contribution in [0, 0.1) is 19.7 Å². The number of nitrogens with zero attached hydrogens (tertiary/aromatic N) is 7. The van der Waals surface area contributed by atoms with Gasteiger partial charge < -0.3 is 5.32 Å². The van der Waals surface area contributed by atoms with Gasteiger partial charge in [0.1, 0.15) is 11.0 Å². The smallest absolute Gasteiger partial charge is 0.156 e. The number of rotatable bonds is 3. The van der Waals surface area contributed by atoms with Crippen molar-refractivity contribution in [3.63, 3.8) is 0 Å². The highest BCUT2D eigenvalue weighted by Gasteiger charge is 2.33. The van der Waals surface area contributed by atoms with Crippen molar-refractivity contribution in [3.8, 4) is 11.3 Å². The highest BCUT2D eigenvalue weighted by molar-refractivity contribution is 5.81. The van der Waals surface area contributed by atoms with Gasteiger partial charge in [-0.2, -0.15) is 15.0 Å². The maximum Gasteiger partial charge on any atom is 0.156 e. The molecule has 0 radical (unpaired) electrons. The summed E-state index contributed by atoms with van der Waals surface area (Å²) < 4.78 is 16.7. The fourth-order valence-corrected chi connectivity index (χ4v) is 4.51. The van der Waals surface area contributed by atoms with Gasteiger partial charge in [0.05, 0.1) is 23.6 Å². The van der Waals surface area contributed by atoms with Gasteiger partial charge in [-0.05, 0) is 44.0 Å². The molecule has 154 valence electrons. The van der Waals surface area contributed by atoms with Crippen molar-refractivity contribution < 1.29 is 4.39 Å². The lowest BCUT2D eigenvalue weighted by atomic mass is 10.1. The molecule has 2 fully saturated rings. The molecule has 5 heterocycles. The first-order valence-corrected chi connectivity index (χ1v) is 10.4. The van der Waals surface area contributed by atoms with Gasteiger partial charge in [-0.15, -0.1) is 5.10 Å². The minimum Gasteiger partial charge on any atom is -0.314 e. The number of nitrogens with one attached hydrogen (secondary N) is 1. The molecule has 0 bridgehead atoms. The van der Waals surface area contributed by atoms with Crippen LogP contribution in [0.1, 0.15) is 23.7 Å². The molecule has 8 nitrogen and oxygen atoms in total. The van der Waals surface area contributed by atoms with E-state index in [-0.39, 0.29) is 11.9 Å². The van der Waals surface area contributed by atoms with E-state index in [9.17, 15) is 4.39 Å². The lowest BCUT2D eigenvalue weighted by Crippen LogP contribution is -2.56. The van der Waals surface area contributed by atoms with E-state index in [0.29, 0.717) is 28.3 Å². The highest BCUT2D eigenvalue weighted by atomic mass is 19.1.